The van der Waals surface area contributed by atoms with Crippen LogP contribution in [0.2, 0.25) is 5.02 Å². The Hall–Kier alpha value is -3.35. The van der Waals surface area contributed by atoms with Crippen LogP contribution in [0.5, 0.6) is 5.75 Å². The third kappa shape index (κ3) is 4.45. The van der Waals surface area contributed by atoms with Crippen LogP contribution in [0.15, 0.2) is 89.5 Å². The van der Waals surface area contributed by atoms with Gasteiger partial charge in [-0.2, -0.15) is 0 Å². The van der Waals surface area contributed by atoms with E-state index in [1.807, 2.05) is 78.9 Å². The molecule has 166 valence electrons. The molecular formula is C26H22ClN3O2S. The van der Waals surface area contributed by atoms with Gasteiger partial charge in [0.1, 0.15) is 23.3 Å². The summed E-state index contributed by atoms with van der Waals surface area (Å²) < 4.78 is 11.7. The van der Waals surface area contributed by atoms with E-state index in [9.17, 15) is 0 Å². The van der Waals surface area contributed by atoms with Gasteiger partial charge in [-0.05, 0) is 78.4 Å². The maximum Gasteiger partial charge on any atom is 0.170 e. The molecule has 0 bridgehead atoms. The third-order valence-electron chi connectivity index (χ3n) is 5.76. The maximum atomic E-state index is 6.37. The lowest BCUT2D eigenvalue weighted by Gasteiger charge is -2.26. The number of pyridine rings is 1. The van der Waals surface area contributed by atoms with Gasteiger partial charge in [0.15, 0.2) is 5.11 Å². The van der Waals surface area contributed by atoms with Crippen molar-refractivity contribution in [3.05, 3.63) is 107 Å². The van der Waals surface area contributed by atoms with Crippen molar-refractivity contribution in [2.24, 2.45) is 0 Å². The largest absolute Gasteiger partial charge is 0.497 e. The first-order valence-electron chi connectivity index (χ1n) is 10.6. The molecule has 2 unspecified atom stereocenters. The second-order valence-corrected chi connectivity index (χ2v) is 8.63. The Bertz CT molecular complexity index is 1240. The third-order valence-corrected chi connectivity index (χ3v) is 6.36. The van der Waals surface area contributed by atoms with Crippen LogP contribution >= 0.6 is 23.8 Å². The number of nitrogens with zero attached hydrogens (tertiary/aromatic N) is 2. The van der Waals surface area contributed by atoms with Crippen LogP contribution in [-0.4, -0.2) is 22.1 Å². The van der Waals surface area contributed by atoms with E-state index in [2.05, 4.69) is 15.2 Å². The Morgan fingerprint density at radius 2 is 1.82 bits per heavy atom. The molecule has 4 aromatic rings. The molecule has 1 aliphatic heterocycles. The number of nitrogens with one attached hydrogen (secondary N) is 1. The molecule has 3 heterocycles. The zero-order valence-corrected chi connectivity index (χ0v) is 19.5. The number of rotatable bonds is 6. The molecule has 5 nitrogen and oxygen atoms in total. The minimum Gasteiger partial charge on any atom is -0.497 e. The van der Waals surface area contributed by atoms with Crippen molar-refractivity contribution in [3.63, 3.8) is 0 Å². The summed E-state index contributed by atoms with van der Waals surface area (Å²) in [6.45, 7) is 0.626. The minimum atomic E-state index is -0.157. The van der Waals surface area contributed by atoms with Gasteiger partial charge in [0.2, 0.25) is 0 Å². The fourth-order valence-electron chi connectivity index (χ4n) is 4.09. The summed E-state index contributed by atoms with van der Waals surface area (Å²) in [4.78, 5) is 6.74. The highest BCUT2D eigenvalue weighted by molar-refractivity contribution is 7.80. The lowest BCUT2D eigenvalue weighted by atomic mass is 10.0. The molecule has 1 fully saturated rings. The molecule has 1 saturated heterocycles. The highest BCUT2D eigenvalue weighted by Gasteiger charge is 2.41. The molecule has 0 spiro atoms. The van der Waals surface area contributed by atoms with Crippen molar-refractivity contribution in [2.45, 2.75) is 18.6 Å². The van der Waals surface area contributed by atoms with Gasteiger partial charge in [-0.1, -0.05) is 29.8 Å². The van der Waals surface area contributed by atoms with Gasteiger partial charge in [0, 0.05) is 23.3 Å². The van der Waals surface area contributed by atoms with Crippen molar-refractivity contribution in [2.75, 3.05) is 7.11 Å². The van der Waals surface area contributed by atoms with Crippen LogP contribution in [0.1, 0.15) is 29.1 Å². The van der Waals surface area contributed by atoms with Crippen LogP contribution in [0.3, 0.4) is 0 Å². The zero-order valence-electron chi connectivity index (χ0n) is 17.9. The highest BCUT2D eigenvalue weighted by atomic mass is 35.5. The molecular weight excluding hydrogens is 454 g/mol. The van der Waals surface area contributed by atoms with Gasteiger partial charge in [-0.15, -0.1) is 0 Å². The lowest BCUT2D eigenvalue weighted by molar-refractivity contribution is 0.269. The fourth-order valence-corrected chi connectivity index (χ4v) is 4.52. The van der Waals surface area contributed by atoms with Gasteiger partial charge in [-0.3, -0.25) is 4.98 Å². The molecule has 0 saturated carbocycles. The number of aromatic nitrogens is 1. The first-order valence-corrected chi connectivity index (χ1v) is 11.4. The van der Waals surface area contributed by atoms with E-state index in [0.717, 1.165) is 34.1 Å². The fraction of sp³-hybridized carbons (Fsp3) is 0.154. The average Bonchev–Trinajstić information content (AvgIpc) is 3.45. The van der Waals surface area contributed by atoms with E-state index in [1.54, 1.807) is 13.3 Å². The van der Waals surface area contributed by atoms with Gasteiger partial charge < -0.3 is 19.4 Å². The summed E-state index contributed by atoms with van der Waals surface area (Å²) in [6.07, 6.45) is 1.80. The molecule has 1 N–H and O–H groups in total. The predicted octanol–water partition coefficient (Wildman–Crippen LogP) is 6.18. The van der Waals surface area contributed by atoms with Crippen molar-refractivity contribution in [1.82, 2.24) is 15.2 Å². The standard InChI is InChI=1S/C26H22ClN3O2S/c1-31-20-11-5-17(6-12-20)16-30-25(24(29-26(30)33)21-4-2-3-15-28-21)23-14-13-22(32-23)18-7-9-19(27)10-8-18/h2-15,24-25H,16H2,1H3,(H,29,33). The Labute approximate surface area is 203 Å². The van der Waals surface area contributed by atoms with Crippen LogP contribution < -0.4 is 10.1 Å². The quantitative estimate of drug-likeness (QED) is 0.336. The van der Waals surface area contributed by atoms with Crippen molar-refractivity contribution in [3.8, 4) is 17.1 Å². The second kappa shape index (κ2) is 9.25. The molecule has 7 heteroatoms. The SMILES string of the molecule is COc1ccc(CN2C(=S)NC(c3ccccn3)C2c2ccc(-c3ccc(Cl)cc3)o2)cc1. The molecule has 2 aromatic carbocycles. The van der Waals surface area contributed by atoms with E-state index in [4.69, 9.17) is 33.0 Å². The van der Waals surface area contributed by atoms with E-state index < -0.39 is 0 Å². The number of methoxy groups -OCH3 is 1. The topological polar surface area (TPSA) is 50.5 Å². The predicted molar refractivity (Wildman–Crippen MR) is 133 cm³/mol. The number of hydrogen-bond donors (Lipinski definition) is 1. The Kier molecular flexibility index (Phi) is 6.03. The van der Waals surface area contributed by atoms with Crippen molar-refractivity contribution < 1.29 is 9.15 Å². The minimum absolute atomic E-state index is 0.138. The van der Waals surface area contributed by atoms with Gasteiger partial charge in [-0.25, -0.2) is 0 Å². The summed E-state index contributed by atoms with van der Waals surface area (Å²) in [5.41, 5.74) is 3.00. The van der Waals surface area contributed by atoms with E-state index in [1.165, 1.54) is 0 Å². The maximum absolute atomic E-state index is 6.37. The van der Waals surface area contributed by atoms with Gasteiger partial charge in [0.25, 0.3) is 0 Å². The normalized spacial score (nSPS) is 17.8. The van der Waals surface area contributed by atoms with Crippen molar-refractivity contribution in [1.29, 1.82) is 0 Å². The van der Waals surface area contributed by atoms with Crippen LogP contribution in [0.25, 0.3) is 11.3 Å². The van der Waals surface area contributed by atoms with Crippen LogP contribution in [-0.2, 0) is 6.54 Å². The Morgan fingerprint density at radius 1 is 1.03 bits per heavy atom. The van der Waals surface area contributed by atoms with Crippen LogP contribution in [0, 0.1) is 0 Å². The van der Waals surface area contributed by atoms with E-state index in [0.29, 0.717) is 16.7 Å². The average molecular weight is 476 g/mol. The molecule has 0 amide bonds. The number of ether oxygens (including phenoxy) is 1. The van der Waals surface area contributed by atoms with E-state index >= 15 is 0 Å². The van der Waals surface area contributed by atoms with Crippen molar-refractivity contribution >= 4 is 28.9 Å². The summed E-state index contributed by atoms with van der Waals surface area (Å²) >= 11 is 11.8. The lowest BCUT2D eigenvalue weighted by Crippen LogP contribution is -2.29. The molecule has 0 aliphatic carbocycles. The molecule has 5 rings (SSSR count). The highest BCUT2D eigenvalue weighted by Crippen LogP contribution is 2.41. The monoisotopic (exact) mass is 475 g/mol. The zero-order chi connectivity index (χ0) is 22.8. The van der Waals surface area contributed by atoms with E-state index in [-0.39, 0.29) is 12.1 Å². The smallest absolute Gasteiger partial charge is 0.170 e. The molecule has 1 aliphatic rings. The Balaban J connectivity index is 1.51. The number of halogens is 1. The molecule has 0 radical (unpaired) electrons. The molecule has 2 atom stereocenters. The number of hydrogen-bond acceptors (Lipinski definition) is 4. The first kappa shape index (κ1) is 21.5. The van der Waals surface area contributed by atoms with Gasteiger partial charge in [0.05, 0.1) is 18.8 Å². The summed E-state index contributed by atoms with van der Waals surface area (Å²) in [7, 11) is 1.66. The summed E-state index contributed by atoms with van der Waals surface area (Å²) in [5.74, 6) is 2.42. The van der Waals surface area contributed by atoms with Gasteiger partial charge >= 0.3 is 0 Å². The summed E-state index contributed by atoms with van der Waals surface area (Å²) in [6, 6.07) is 25.2. The molecule has 33 heavy (non-hydrogen) atoms. The Morgan fingerprint density at radius 3 is 2.52 bits per heavy atom. The number of benzene rings is 2. The number of thiocarbonyl (C=S) groups is 1. The van der Waals surface area contributed by atoms with Crippen LogP contribution in [0.4, 0.5) is 0 Å². The summed E-state index contributed by atoms with van der Waals surface area (Å²) in [5, 5.41) is 4.82. The second-order valence-electron chi connectivity index (χ2n) is 7.81. The molecule has 2 aromatic heterocycles. The number of furan rings is 1. The first-order chi connectivity index (χ1) is 16.1.